The summed E-state index contributed by atoms with van der Waals surface area (Å²) in [6.45, 7) is 5.92. The molecule has 140 valence electrons. The number of hydrogen-bond donors (Lipinski definition) is 1. The van der Waals surface area contributed by atoms with Crippen molar-refractivity contribution in [1.82, 2.24) is 9.99 Å². The van der Waals surface area contributed by atoms with Crippen molar-refractivity contribution in [3.63, 3.8) is 0 Å². The first-order valence-electron chi connectivity index (χ1n) is 9.12. The molecule has 0 aliphatic rings. The van der Waals surface area contributed by atoms with Gasteiger partial charge in [0.25, 0.3) is 5.91 Å². The second kappa shape index (κ2) is 7.19. The van der Waals surface area contributed by atoms with Crippen molar-refractivity contribution >= 4 is 22.6 Å². The summed E-state index contributed by atoms with van der Waals surface area (Å²) in [5.74, 6) is 0.373. The Bertz CT molecular complexity index is 1130. The Hall–Kier alpha value is -3.60. The number of carbonyl (C=O) groups is 1. The Balaban J connectivity index is 1.49. The number of fused-ring (bicyclic) bond motifs is 1. The van der Waals surface area contributed by atoms with Gasteiger partial charge in [-0.2, -0.15) is 5.10 Å². The minimum atomic E-state index is -0.261. The third-order valence-corrected chi connectivity index (χ3v) is 4.77. The van der Waals surface area contributed by atoms with E-state index >= 15 is 0 Å². The van der Waals surface area contributed by atoms with Crippen LogP contribution in [0.2, 0.25) is 0 Å². The number of aromatic nitrogens is 1. The van der Waals surface area contributed by atoms with E-state index in [1.165, 1.54) is 0 Å². The van der Waals surface area contributed by atoms with Crippen LogP contribution in [-0.4, -0.2) is 16.2 Å². The van der Waals surface area contributed by atoms with Gasteiger partial charge in [0.15, 0.2) is 5.76 Å². The summed E-state index contributed by atoms with van der Waals surface area (Å²) in [7, 11) is 0. The molecule has 2 aromatic heterocycles. The molecule has 5 nitrogen and oxygen atoms in total. The molecule has 0 bridgehead atoms. The van der Waals surface area contributed by atoms with E-state index in [4.69, 9.17) is 4.42 Å². The maximum absolute atomic E-state index is 12.4. The summed E-state index contributed by atoms with van der Waals surface area (Å²) in [6, 6.07) is 21.3. The van der Waals surface area contributed by atoms with Gasteiger partial charge in [-0.05, 0) is 69.3 Å². The van der Waals surface area contributed by atoms with E-state index in [0.29, 0.717) is 17.0 Å². The van der Waals surface area contributed by atoms with E-state index in [1.54, 1.807) is 19.1 Å². The molecule has 0 saturated carbocycles. The lowest BCUT2D eigenvalue weighted by molar-refractivity contribution is 0.0955. The molecular formula is C23H21N3O2. The second-order valence-corrected chi connectivity index (χ2v) is 6.78. The molecule has 5 heteroatoms. The smallest absolute Gasteiger partial charge is 0.271 e. The Labute approximate surface area is 163 Å². The molecule has 0 aliphatic carbocycles. The van der Waals surface area contributed by atoms with Crippen molar-refractivity contribution in [2.24, 2.45) is 5.10 Å². The average Bonchev–Trinajstić information content (AvgIpc) is 3.29. The molecule has 28 heavy (non-hydrogen) atoms. The van der Waals surface area contributed by atoms with Gasteiger partial charge in [-0.1, -0.05) is 18.2 Å². The first-order chi connectivity index (χ1) is 13.5. The zero-order chi connectivity index (χ0) is 19.7. The summed E-state index contributed by atoms with van der Waals surface area (Å²) in [4.78, 5) is 12.4. The summed E-state index contributed by atoms with van der Waals surface area (Å²) in [5, 5.41) is 5.19. The number of carbonyl (C=O) groups excluding carboxylic acids is 1. The van der Waals surface area contributed by atoms with Crippen molar-refractivity contribution in [3.05, 3.63) is 89.4 Å². The van der Waals surface area contributed by atoms with Crippen LogP contribution in [-0.2, 0) is 0 Å². The Morgan fingerprint density at radius 3 is 2.32 bits per heavy atom. The summed E-state index contributed by atoms with van der Waals surface area (Å²) < 4.78 is 7.91. The quantitative estimate of drug-likeness (QED) is 0.406. The van der Waals surface area contributed by atoms with E-state index in [9.17, 15) is 4.79 Å². The largest absolute Gasteiger partial charge is 0.455 e. The Morgan fingerprint density at radius 2 is 1.64 bits per heavy atom. The summed E-state index contributed by atoms with van der Waals surface area (Å²) in [5.41, 5.74) is 7.89. The molecule has 0 aliphatic heterocycles. The van der Waals surface area contributed by atoms with Gasteiger partial charge in [0.1, 0.15) is 11.3 Å². The van der Waals surface area contributed by atoms with E-state index in [1.807, 2.05) is 42.5 Å². The highest BCUT2D eigenvalue weighted by Gasteiger charge is 2.09. The van der Waals surface area contributed by atoms with E-state index in [-0.39, 0.29) is 5.91 Å². The molecule has 2 aromatic carbocycles. The molecule has 0 radical (unpaired) electrons. The highest BCUT2D eigenvalue weighted by molar-refractivity contribution is 6.01. The molecular weight excluding hydrogens is 350 g/mol. The number of hydrogen-bond acceptors (Lipinski definition) is 3. The predicted molar refractivity (Wildman–Crippen MR) is 111 cm³/mol. The third kappa shape index (κ3) is 3.34. The van der Waals surface area contributed by atoms with Gasteiger partial charge in [0.05, 0.1) is 0 Å². The lowest BCUT2D eigenvalue weighted by Gasteiger charge is -2.10. The van der Waals surface area contributed by atoms with Gasteiger partial charge >= 0.3 is 0 Å². The number of benzene rings is 2. The fourth-order valence-corrected chi connectivity index (χ4v) is 3.25. The maximum Gasteiger partial charge on any atom is 0.271 e. The first kappa shape index (κ1) is 17.8. The fraction of sp³-hybridized carbons (Fsp3) is 0.130. The zero-order valence-corrected chi connectivity index (χ0v) is 16.1. The highest BCUT2D eigenvalue weighted by atomic mass is 16.3. The van der Waals surface area contributed by atoms with E-state index in [2.05, 4.69) is 41.1 Å². The van der Waals surface area contributed by atoms with Crippen molar-refractivity contribution in [1.29, 1.82) is 0 Å². The van der Waals surface area contributed by atoms with Gasteiger partial charge in [0, 0.05) is 28.0 Å². The van der Waals surface area contributed by atoms with Crippen LogP contribution in [0.1, 0.15) is 34.4 Å². The number of para-hydroxylation sites is 1. The number of amides is 1. The molecule has 1 amide bonds. The van der Waals surface area contributed by atoms with Crippen molar-refractivity contribution in [2.75, 3.05) is 0 Å². The molecule has 0 fully saturated rings. The van der Waals surface area contributed by atoms with Crippen LogP contribution in [0.15, 0.2) is 76.2 Å². The van der Waals surface area contributed by atoms with Crippen LogP contribution in [0.3, 0.4) is 0 Å². The topological polar surface area (TPSA) is 59.5 Å². The molecule has 0 saturated heterocycles. The SMILES string of the molecule is C/C(=N\NC(=O)c1ccc(-n2c(C)ccc2C)cc1)c1cc2ccccc2o1. The van der Waals surface area contributed by atoms with Gasteiger partial charge in [-0.3, -0.25) is 4.79 Å². The molecule has 4 rings (SSSR count). The van der Waals surface area contributed by atoms with Crippen LogP contribution >= 0.6 is 0 Å². The third-order valence-electron chi connectivity index (χ3n) is 4.77. The molecule has 0 unspecified atom stereocenters. The highest BCUT2D eigenvalue weighted by Crippen LogP contribution is 2.19. The summed E-state index contributed by atoms with van der Waals surface area (Å²) >= 11 is 0. The van der Waals surface area contributed by atoms with Crippen molar-refractivity contribution < 1.29 is 9.21 Å². The Kier molecular flexibility index (Phi) is 4.57. The zero-order valence-electron chi connectivity index (χ0n) is 16.1. The minimum absolute atomic E-state index is 0.261. The minimum Gasteiger partial charge on any atom is -0.455 e. The van der Waals surface area contributed by atoms with Crippen molar-refractivity contribution in [3.8, 4) is 5.69 Å². The molecule has 0 atom stereocenters. The number of hydrazone groups is 1. The molecule has 0 spiro atoms. The first-order valence-corrected chi connectivity index (χ1v) is 9.12. The molecule has 2 heterocycles. The van der Waals surface area contributed by atoms with Gasteiger partial charge in [0.2, 0.25) is 0 Å². The summed E-state index contributed by atoms with van der Waals surface area (Å²) in [6.07, 6.45) is 0. The normalized spacial score (nSPS) is 11.8. The maximum atomic E-state index is 12.4. The predicted octanol–water partition coefficient (Wildman–Crippen LogP) is 4.99. The van der Waals surface area contributed by atoms with Crippen LogP contribution in [0.25, 0.3) is 16.7 Å². The van der Waals surface area contributed by atoms with E-state index in [0.717, 1.165) is 28.0 Å². The number of aryl methyl sites for hydroxylation is 2. The Morgan fingerprint density at radius 1 is 0.964 bits per heavy atom. The monoisotopic (exact) mass is 371 g/mol. The fourth-order valence-electron chi connectivity index (χ4n) is 3.25. The van der Waals surface area contributed by atoms with Crippen LogP contribution in [0.4, 0.5) is 0 Å². The second-order valence-electron chi connectivity index (χ2n) is 6.78. The molecule has 1 N–H and O–H groups in total. The number of nitrogens with zero attached hydrogens (tertiary/aromatic N) is 2. The van der Waals surface area contributed by atoms with Crippen molar-refractivity contribution in [2.45, 2.75) is 20.8 Å². The van der Waals surface area contributed by atoms with Gasteiger partial charge in [-0.25, -0.2) is 5.43 Å². The number of rotatable bonds is 4. The van der Waals surface area contributed by atoms with Gasteiger partial charge < -0.3 is 8.98 Å². The number of furan rings is 1. The molecule has 4 aromatic rings. The van der Waals surface area contributed by atoms with Crippen LogP contribution in [0, 0.1) is 13.8 Å². The van der Waals surface area contributed by atoms with E-state index < -0.39 is 0 Å². The van der Waals surface area contributed by atoms with Crippen LogP contribution in [0.5, 0.6) is 0 Å². The lowest BCUT2D eigenvalue weighted by Crippen LogP contribution is -2.19. The standard InChI is InChI=1S/C23H21N3O2/c1-15-8-9-16(2)26(15)20-12-10-18(11-13-20)23(27)25-24-17(3)22-14-19-6-4-5-7-21(19)28-22/h4-14H,1-3H3,(H,25,27)/b24-17+. The average molecular weight is 371 g/mol. The van der Waals surface area contributed by atoms with Gasteiger partial charge in [-0.15, -0.1) is 0 Å². The number of nitrogens with one attached hydrogen (secondary N) is 1. The van der Waals surface area contributed by atoms with Crippen LogP contribution < -0.4 is 5.43 Å². The lowest BCUT2D eigenvalue weighted by atomic mass is 10.2.